The van der Waals surface area contributed by atoms with Gasteiger partial charge in [0.1, 0.15) is 18.1 Å². The highest BCUT2D eigenvalue weighted by Gasteiger charge is 2.32. The fraction of sp³-hybridized carbons (Fsp3) is 0.722. The smallest absolute Gasteiger partial charge is 0.326 e. The van der Waals surface area contributed by atoms with Crippen LogP contribution in [0.1, 0.15) is 40.5 Å². The quantitative estimate of drug-likeness (QED) is 0.174. The Labute approximate surface area is 180 Å². The summed E-state index contributed by atoms with van der Waals surface area (Å²) < 4.78 is 0. The first-order chi connectivity index (χ1) is 13.8. The van der Waals surface area contributed by atoms with Crippen molar-refractivity contribution in [3.63, 3.8) is 0 Å². The molecule has 11 nitrogen and oxygen atoms in total. The van der Waals surface area contributed by atoms with E-state index in [0.29, 0.717) is 6.42 Å². The van der Waals surface area contributed by atoms with Gasteiger partial charge in [0.15, 0.2) is 0 Å². The molecule has 4 atom stereocenters. The number of hydrogen-bond acceptors (Lipinski definition) is 7. The summed E-state index contributed by atoms with van der Waals surface area (Å²) in [5.74, 6) is -5.50. The van der Waals surface area contributed by atoms with Crippen molar-refractivity contribution in [2.75, 3.05) is 5.75 Å². The van der Waals surface area contributed by atoms with Crippen LogP contribution >= 0.6 is 12.6 Å². The Morgan fingerprint density at radius 1 is 0.867 bits per heavy atom. The van der Waals surface area contributed by atoms with Crippen molar-refractivity contribution in [2.45, 2.75) is 64.7 Å². The van der Waals surface area contributed by atoms with Gasteiger partial charge in [-0.1, -0.05) is 27.7 Å². The first-order valence-electron chi connectivity index (χ1n) is 9.52. The van der Waals surface area contributed by atoms with E-state index in [0.717, 1.165) is 0 Å². The maximum Gasteiger partial charge on any atom is 0.326 e. The second-order valence-corrected chi connectivity index (χ2v) is 8.07. The minimum absolute atomic E-state index is 0.128. The number of carboxylic acid groups (broad SMARTS) is 2. The SMILES string of the molecule is CC(C)CC(N)C(=O)NC(CS)C(=O)NC(CC(=O)O)C(=O)NC(C(=O)O)C(C)C. The number of amides is 3. The summed E-state index contributed by atoms with van der Waals surface area (Å²) in [7, 11) is 0. The van der Waals surface area contributed by atoms with Crippen LogP contribution in [-0.2, 0) is 24.0 Å². The van der Waals surface area contributed by atoms with E-state index in [1.807, 2.05) is 13.8 Å². The lowest BCUT2D eigenvalue weighted by atomic mass is 10.0. The fourth-order valence-corrected chi connectivity index (χ4v) is 2.77. The van der Waals surface area contributed by atoms with Crippen molar-refractivity contribution in [1.82, 2.24) is 16.0 Å². The number of carbonyl (C=O) groups excluding carboxylic acids is 3. The lowest BCUT2D eigenvalue weighted by molar-refractivity contribution is -0.144. The number of hydrogen-bond donors (Lipinski definition) is 7. The van der Waals surface area contributed by atoms with E-state index in [9.17, 15) is 29.1 Å². The highest BCUT2D eigenvalue weighted by Crippen LogP contribution is 2.05. The van der Waals surface area contributed by atoms with Gasteiger partial charge >= 0.3 is 11.9 Å². The Morgan fingerprint density at radius 3 is 1.77 bits per heavy atom. The first-order valence-corrected chi connectivity index (χ1v) is 10.1. The van der Waals surface area contributed by atoms with E-state index in [2.05, 4.69) is 28.6 Å². The summed E-state index contributed by atoms with van der Waals surface area (Å²) in [4.78, 5) is 59.5. The van der Waals surface area contributed by atoms with Gasteiger partial charge in [-0.25, -0.2) is 4.79 Å². The van der Waals surface area contributed by atoms with Gasteiger partial charge in [0.05, 0.1) is 12.5 Å². The minimum Gasteiger partial charge on any atom is -0.481 e. The number of carbonyl (C=O) groups is 5. The Morgan fingerprint density at radius 2 is 1.37 bits per heavy atom. The highest BCUT2D eigenvalue weighted by molar-refractivity contribution is 7.80. The molecule has 0 fully saturated rings. The zero-order valence-electron chi connectivity index (χ0n) is 17.5. The van der Waals surface area contributed by atoms with Gasteiger partial charge < -0.3 is 31.9 Å². The molecule has 0 bridgehead atoms. The lowest BCUT2D eigenvalue weighted by Crippen LogP contribution is -2.58. The summed E-state index contributed by atoms with van der Waals surface area (Å²) in [6.45, 7) is 6.90. The number of rotatable bonds is 13. The molecule has 0 spiro atoms. The third-order valence-electron chi connectivity index (χ3n) is 4.12. The molecule has 0 aromatic rings. The molecule has 0 saturated carbocycles. The Balaban J connectivity index is 5.26. The average molecular weight is 449 g/mol. The van der Waals surface area contributed by atoms with Crippen LogP contribution in [0.15, 0.2) is 0 Å². The lowest BCUT2D eigenvalue weighted by Gasteiger charge is -2.25. The largest absolute Gasteiger partial charge is 0.481 e. The summed E-state index contributed by atoms with van der Waals surface area (Å²) in [5, 5.41) is 25.1. The van der Waals surface area contributed by atoms with E-state index in [4.69, 9.17) is 10.8 Å². The van der Waals surface area contributed by atoms with Crippen LogP contribution < -0.4 is 21.7 Å². The van der Waals surface area contributed by atoms with E-state index in [-0.39, 0.29) is 11.7 Å². The molecule has 0 heterocycles. The van der Waals surface area contributed by atoms with Crippen molar-refractivity contribution in [2.24, 2.45) is 17.6 Å². The monoisotopic (exact) mass is 448 g/mol. The number of carboxylic acids is 2. The van der Waals surface area contributed by atoms with Gasteiger partial charge in [-0.15, -0.1) is 0 Å². The van der Waals surface area contributed by atoms with Gasteiger partial charge in [0.25, 0.3) is 0 Å². The molecule has 0 aliphatic rings. The van der Waals surface area contributed by atoms with E-state index in [1.165, 1.54) is 0 Å². The molecule has 0 aromatic carbocycles. The van der Waals surface area contributed by atoms with Crippen LogP contribution in [0.2, 0.25) is 0 Å². The molecule has 172 valence electrons. The highest BCUT2D eigenvalue weighted by atomic mass is 32.1. The van der Waals surface area contributed by atoms with Crippen LogP contribution in [-0.4, -0.2) is 69.8 Å². The van der Waals surface area contributed by atoms with Gasteiger partial charge in [0, 0.05) is 5.75 Å². The van der Waals surface area contributed by atoms with Crippen LogP contribution in [0, 0.1) is 11.8 Å². The number of nitrogens with two attached hydrogens (primary N) is 1. The molecule has 3 amide bonds. The normalized spacial score (nSPS) is 15.1. The molecule has 0 saturated heterocycles. The maximum absolute atomic E-state index is 12.5. The Kier molecular flexibility index (Phi) is 12.0. The summed E-state index contributed by atoms with van der Waals surface area (Å²) >= 11 is 4.01. The van der Waals surface area contributed by atoms with Gasteiger partial charge in [-0.05, 0) is 18.3 Å². The summed E-state index contributed by atoms with van der Waals surface area (Å²) in [6.07, 6.45) is -0.384. The summed E-state index contributed by atoms with van der Waals surface area (Å²) in [5.41, 5.74) is 5.78. The molecule has 0 aliphatic carbocycles. The van der Waals surface area contributed by atoms with Gasteiger partial charge in [0.2, 0.25) is 17.7 Å². The van der Waals surface area contributed by atoms with Gasteiger partial charge in [-0.3, -0.25) is 19.2 Å². The standard InChI is InChI=1S/C18H32N4O7S/c1-8(2)5-10(19)15(25)21-12(7-30)17(27)20-11(6-13(23)24)16(26)22-14(9(3)4)18(28)29/h8-12,14,30H,5-7,19H2,1-4H3,(H,20,27)(H,21,25)(H,22,26)(H,23,24)(H,28,29). The third kappa shape index (κ3) is 9.92. The van der Waals surface area contributed by atoms with Crippen molar-refractivity contribution >= 4 is 42.3 Å². The van der Waals surface area contributed by atoms with Crippen LogP contribution in [0.5, 0.6) is 0 Å². The molecule has 30 heavy (non-hydrogen) atoms. The maximum atomic E-state index is 12.5. The second kappa shape index (κ2) is 13.1. The van der Waals surface area contributed by atoms with Crippen LogP contribution in [0.25, 0.3) is 0 Å². The second-order valence-electron chi connectivity index (χ2n) is 7.71. The number of aliphatic carboxylic acids is 2. The first kappa shape index (κ1) is 27.7. The Bertz CT molecular complexity index is 642. The topological polar surface area (TPSA) is 188 Å². The van der Waals surface area contributed by atoms with E-state index in [1.54, 1.807) is 13.8 Å². The van der Waals surface area contributed by atoms with Crippen molar-refractivity contribution in [3.05, 3.63) is 0 Å². The van der Waals surface area contributed by atoms with Crippen molar-refractivity contribution < 1.29 is 34.2 Å². The summed E-state index contributed by atoms with van der Waals surface area (Å²) in [6, 6.07) is -4.82. The van der Waals surface area contributed by atoms with Gasteiger partial charge in [-0.2, -0.15) is 12.6 Å². The molecule has 4 unspecified atom stereocenters. The Hall–Kier alpha value is -2.34. The predicted octanol–water partition coefficient (Wildman–Crippen LogP) is -1.04. The average Bonchev–Trinajstić information content (AvgIpc) is 2.61. The number of nitrogens with one attached hydrogen (secondary N) is 3. The van der Waals surface area contributed by atoms with Crippen molar-refractivity contribution in [3.8, 4) is 0 Å². The van der Waals surface area contributed by atoms with Crippen LogP contribution in [0.3, 0.4) is 0 Å². The molecule has 0 aliphatic heterocycles. The minimum atomic E-state index is -1.54. The third-order valence-corrected chi connectivity index (χ3v) is 4.49. The van der Waals surface area contributed by atoms with E-state index >= 15 is 0 Å². The van der Waals surface area contributed by atoms with Crippen LogP contribution in [0.4, 0.5) is 0 Å². The zero-order chi connectivity index (χ0) is 23.6. The van der Waals surface area contributed by atoms with E-state index < -0.39 is 66.2 Å². The zero-order valence-corrected chi connectivity index (χ0v) is 18.4. The predicted molar refractivity (Wildman–Crippen MR) is 112 cm³/mol. The molecule has 0 radical (unpaired) electrons. The molecular weight excluding hydrogens is 416 g/mol. The van der Waals surface area contributed by atoms with Crippen molar-refractivity contribution in [1.29, 1.82) is 0 Å². The molecule has 0 aromatic heterocycles. The molecular formula is C18H32N4O7S. The number of thiol groups is 1. The molecule has 12 heteroatoms. The molecule has 7 N–H and O–H groups in total. The molecule has 0 rings (SSSR count). The fourth-order valence-electron chi connectivity index (χ4n) is 2.51.